The molecule has 1 aliphatic carbocycles. The third-order valence-electron chi connectivity index (χ3n) is 7.49. The van der Waals surface area contributed by atoms with Gasteiger partial charge in [-0.05, 0) is 72.9 Å². The number of nitrogens with zero attached hydrogens (tertiary/aromatic N) is 1. The zero-order valence-corrected chi connectivity index (χ0v) is 25.9. The molecular formula is C31H35N3O6S2. The van der Waals surface area contributed by atoms with Gasteiger partial charge in [-0.3, -0.25) is 19.7 Å². The Hall–Kier alpha value is -3.70. The maximum absolute atomic E-state index is 13.5. The lowest BCUT2D eigenvalue weighted by atomic mass is 9.72. The lowest BCUT2D eigenvalue weighted by molar-refractivity contribution is -0.384. The highest BCUT2D eigenvalue weighted by atomic mass is 32.2. The Balaban J connectivity index is 1.47. The van der Waals surface area contributed by atoms with Gasteiger partial charge in [0, 0.05) is 33.2 Å². The summed E-state index contributed by atoms with van der Waals surface area (Å²) in [6.45, 7) is 8.63. The standard InChI is InChI=1S/C31H35N3O6S2/c1-6-24(41-22-9-7-8-20(17-22)32-27(35)18-10-13-21(14-11-18)34(38)39)28(36)33-29-26(30(37)40-5)23-15-12-19(31(2,3)4)16-25(23)42-29/h7-11,13-14,17,19,24H,6,12,15-16H2,1-5H3,(H,32,35)(H,33,36). The Kier molecular flexibility index (Phi) is 9.73. The summed E-state index contributed by atoms with van der Waals surface area (Å²) in [6.07, 6.45) is 3.17. The molecule has 1 aliphatic rings. The predicted octanol–water partition coefficient (Wildman–Crippen LogP) is 7.36. The number of benzene rings is 2. The third kappa shape index (κ3) is 7.19. The number of methoxy groups -OCH3 is 1. The number of carbonyl (C=O) groups excluding carboxylic acids is 3. The van der Waals surface area contributed by atoms with Crippen LogP contribution in [0, 0.1) is 21.4 Å². The van der Waals surface area contributed by atoms with Crippen molar-refractivity contribution in [2.75, 3.05) is 17.7 Å². The smallest absolute Gasteiger partial charge is 0.341 e. The second-order valence-electron chi connectivity index (χ2n) is 11.3. The molecule has 2 amide bonds. The van der Waals surface area contributed by atoms with E-state index in [2.05, 4.69) is 31.4 Å². The fraction of sp³-hybridized carbons (Fsp3) is 0.387. The Morgan fingerprint density at radius 1 is 1.14 bits per heavy atom. The molecule has 1 aromatic heterocycles. The minimum absolute atomic E-state index is 0.0932. The van der Waals surface area contributed by atoms with Gasteiger partial charge in [-0.1, -0.05) is 33.8 Å². The molecule has 4 rings (SSSR count). The number of nitrogens with one attached hydrogen (secondary N) is 2. The SMILES string of the molecule is CCC(Sc1cccc(NC(=O)c2ccc([N+](=O)[O-])cc2)c1)C(=O)Nc1sc2c(c1C(=O)OC)CCC(C(C)(C)C)C2. The van der Waals surface area contributed by atoms with Crippen molar-refractivity contribution in [2.24, 2.45) is 11.3 Å². The van der Waals surface area contributed by atoms with E-state index in [-0.39, 0.29) is 17.0 Å². The molecule has 0 aliphatic heterocycles. The van der Waals surface area contributed by atoms with E-state index < -0.39 is 22.0 Å². The van der Waals surface area contributed by atoms with Crippen LogP contribution in [0.1, 0.15) is 71.7 Å². The maximum atomic E-state index is 13.5. The van der Waals surface area contributed by atoms with Crippen molar-refractivity contribution >= 4 is 57.3 Å². The van der Waals surface area contributed by atoms with Crippen molar-refractivity contribution in [1.29, 1.82) is 0 Å². The van der Waals surface area contributed by atoms with E-state index in [4.69, 9.17) is 4.74 Å². The molecule has 0 fully saturated rings. The summed E-state index contributed by atoms with van der Waals surface area (Å²) in [5.74, 6) is -0.555. The van der Waals surface area contributed by atoms with Crippen molar-refractivity contribution in [3.8, 4) is 0 Å². The molecule has 2 aromatic carbocycles. The number of esters is 1. The molecule has 0 saturated heterocycles. The van der Waals surface area contributed by atoms with Crippen LogP contribution in [0.15, 0.2) is 53.4 Å². The Labute approximate surface area is 253 Å². The van der Waals surface area contributed by atoms with E-state index in [1.807, 2.05) is 13.0 Å². The Morgan fingerprint density at radius 3 is 2.48 bits per heavy atom. The molecule has 1 heterocycles. The summed E-state index contributed by atoms with van der Waals surface area (Å²) in [5.41, 5.74) is 2.33. The number of ether oxygens (including phenoxy) is 1. The molecule has 2 atom stereocenters. The highest BCUT2D eigenvalue weighted by molar-refractivity contribution is 8.00. The highest BCUT2D eigenvalue weighted by Gasteiger charge is 2.35. The van der Waals surface area contributed by atoms with Crippen molar-refractivity contribution in [1.82, 2.24) is 0 Å². The maximum Gasteiger partial charge on any atom is 0.341 e. The summed E-state index contributed by atoms with van der Waals surface area (Å²) in [6, 6.07) is 12.5. The molecule has 3 aromatic rings. The molecule has 9 nitrogen and oxygen atoms in total. The van der Waals surface area contributed by atoms with Crippen LogP contribution in [0.5, 0.6) is 0 Å². The van der Waals surface area contributed by atoms with E-state index in [9.17, 15) is 24.5 Å². The highest BCUT2D eigenvalue weighted by Crippen LogP contribution is 2.44. The fourth-order valence-corrected chi connectivity index (χ4v) is 7.33. The monoisotopic (exact) mass is 609 g/mol. The number of hydrogen-bond donors (Lipinski definition) is 2. The molecule has 11 heteroatoms. The molecule has 0 spiro atoms. The van der Waals surface area contributed by atoms with Gasteiger partial charge in [-0.25, -0.2) is 4.79 Å². The number of fused-ring (bicyclic) bond motifs is 1. The summed E-state index contributed by atoms with van der Waals surface area (Å²) in [5, 5.41) is 16.8. The van der Waals surface area contributed by atoms with Gasteiger partial charge in [-0.15, -0.1) is 23.1 Å². The number of hydrogen-bond acceptors (Lipinski definition) is 8. The van der Waals surface area contributed by atoms with Crippen LogP contribution in [0.4, 0.5) is 16.4 Å². The van der Waals surface area contributed by atoms with E-state index in [1.165, 1.54) is 54.5 Å². The van der Waals surface area contributed by atoms with Gasteiger partial charge >= 0.3 is 5.97 Å². The minimum atomic E-state index is -0.520. The largest absolute Gasteiger partial charge is 0.465 e. The van der Waals surface area contributed by atoms with Crippen LogP contribution in [0.3, 0.4) is 0 Å². The van der Waals surface area contributed by atoms with Gasteiger partial charge < -0.3 is 15.4 Å². The van der Waals surface area contributed by atoms with Crippen molar-refractivity contribution in [2.45, 2.75) is 63.5 Å². The molecular weight excluding hydrogens is 574 g/mol. The number of thiophene rings is 1. The van der Waals surface area contributed by atoms with E-state index in [1.54, 1.807) is 18.2 Å². The number of rotatable bonds is 9. The average molecular weight is 610 g/mol. The second kappa shape index (κ2) is 13.1. The number of amides is 2. The van der Waals surface area contributed by atoms with E-state index >= 15 is 0 Å². The minimum Gasteiger partial charge on any atom is -0.465 e. The fourth-order valence-electron chi connectivity index (χ4n) is 5.00. The first kappa shape index (κ1) is 31.2. The molecule has 222 valence electrons. The lowest BCUT2D eigenvalue weighted by Crippen LogP contribution is -2.27. The second-order valence-corrected chi connectivity index (χ2v) is 13.7. The van der Waals surface area contributed by atoms with Crippen LogP contribution in [-0.4, -0.2) is 35.1 Å². The zero-order valence-electron chi connectivity index (χ0n) is 24.3. The topological polar surface area (TPSA) is 128 Å². The summed E-state index contributed by atoms with van der Waals surface area (Å²) in [4.78, 5) is 51.2. The van der Waals surface area contributed by atoms with Crippen LogP contribution >= 0.6 is 23.1 Å². The third-order valence-corrected chi connectivity index (χ3v) is 10.0. The Bertz CT molecular complexity index is 1490. The van der Waals surface area contributed by atoms with Gasteiger partial charge in [0.2, 0.25) is 5.91 Å². The first-order chi connectivity index (χ1) is 19.9. The summed E-state index contributed by atoms with van der Waals surface area (Å²) in [7, 11) is 1.36. The number of non-ortho nitro benzene ring substituents is 1. The predicted molar refractivity (Wildman–Crippen MR) is 167 cm³/mol. The zero-order chi connectivity index (χ0) is 30.6. The molecule has 42 heavy (non-hydrogen) atoms. The number of nitro groups is 1. The van der Waals surface area contributed by atoms with Crippen LogP contribution in [0.2, 0.25) is 0 Å². The molecule has 2 unspecified atom stereocenters. The van der Waals surface area contributed by atoms with Crippen molar-refractivity contribution in [3.63, 3.8) is 0 Å². The Morgan fingerprint density at radius 2 is 1.86 bits per heavy atom. The van der Waals surface area contributed by atoms with Crippen LogP contribution in [0.25, 0.3) is 0 Å². The summed E-state index contributed by atoms with van der Waals surface area (Å²) < 4.78 is 5.10. The summed E-state index contributed by atoms with van der Waals surface area (Å²) >= 11 is 2.84. The quantitative estimate of drug-likeness (QED) is 0.112. The number of carbonyl (C=O) groups is 3. The average Bonchev–Trinajstić information content (AvgIpc) is 3.32. The van der Waals surface area contributed by atoms with Gasteiger partial charge in [0.25, 0.3) is 11.6 Å². The number of anilines is 2. The van der Waals surface area contributed by atoms with Crippen molar-refractivity contribution in [3.05, 3.63) is 80.2 Å². The molecule has 2 N–H and O–H groups in total. The van der Waals surface area contributed by atoms with Gasteiger partial charge in [0.15, 0.2) is 0 Å². The molecule has 0 saturated carbocycles. The van der Waals surface area contributed by atoms with Crippen molar-refractivity contribution < 1.29 is 24.0 Å². The van der Waals surface area contributed by atoms with E-state index in [0.29, 0.717) is 34.2 Å². The number of thioether (sulfide) groups is 1. The normalized spacial score (nSPS) is 15.3. The number of nitro benzene ring substituents is 1. The lowest BCUT2D eigenvalue weighted by Gasteiger charge is -2.33. The molecule has 0 radical (unpaired) electrons. The first-order valence-corrected chi connectivity index (χ1v) is 15.5. The molecule has 0 bridgehead atoms. The van der Waals surface area contributed by atoms with Crippen LogP contribution < -0.4 is 10.6 Å². The van der Waals surface area contributed by atoms with E-state index in [0.717, 1.165) is 34.6 Å². The van der Waals surface area contributed by atoms with Gasteiger partial charge in [0.05, 0.1) is 22.8 Å². The first-order valence-electron chi connectivity index (χ1n) is 13.8. The van der Waals surface area contributed by atoms with Crippen LogP contribution in [-0.2, 0) is 22.4 Å². The van der Waals surface area contributed by atoms with Gasteiger partial charge in [0.1, 0.15) is 5.00 Å². The van der Waals surface area contributed by atoms with Gasteiger partial charge in [-0.2, -0.15) is 0 Å².